The fourth-order valence-electron chi connectivity index (χ4n) is 10.7. The predicted octanol–water partition coefficient (Wildman–Crippen LogP) is 7.30. The van der Waals surface area contributed by atoms with E-state index in [0.29, 0.717) is 29.5 Å². The summed E-state index contributed by atoms with van der Waals surface area (Å²) in [5, 5.41) is 10.1. The van der Waals surface area contributed by atoms with Crippen LogP contribution in [0.15, 0.2) is 11.6 Å². The van der Waals surface area contributed by atoms with Gasteiger partial charge in [-0.3, -0.25) is 9.59 Å². The minimum absolute atomic E-state index is 0.0818. The Kier molecular flexibility index (Phi) is 4.99. The number of carbonyl (C=O) groups excluding carboxylic acids is 1. The number of hydrogen-bond acceptors (Lipinski definition) is 2. The number of rotatable bonds is 1. The van der Waals surface area contributed by atoms with Crippen LogP contribution in [0.3, 0.4) is 0 Å². The van der Waals surface area contributed by atoms with Crippen LogP contribution >= 0.6 is 0 Å². The molecule has 0 aromatic carbocycles. The highest BCUT2D eigenvalue weighted by molar-refractivity contribution is 5.85. The predicted molar refractivity (Wildman–Crippen MR) is 132 cm³/mol. The molecule has 0 bridgehead atoms. The topological polar surface area (TPSA) is 54.4 Å². The lowest BCUT2D eigenvalue weighted by Crippen LogP contribution is -2.63. The number of ketones is 1. The number of carboxylic acid groups (broad SMARTS) is 1. The maximum atomic E-state index is 12.9. The van der Waals surface area contributed by atoms with Crippen molar-refractivity contribution in [3.63, 3.8) is 0 Å². The quantitative estimate of drug-likeness (QED) is 0.423. The van der Waals surface area contributed by atoms with E-state index in [1.54, 1.807) is 5.57 Å². The van der Waals surface area contributed by atoms with Crippen LogP contribution in [0.4, 0.5) is 0 Å². The molecule has 4 unspecified atom stereocenters. The van der Waals surface area contributed by atoms with Gasteiger partial charge >= 0.3 is 5.97 Å². The number of allylic oxidation sites excluding steroid dienone is 2. The van der Waals surface area contributed by atoms with Crippen LogP contribution < -0.4 is 0 Å². The second-order valence-corrected chi connectivity index (χ2v) is 14.8. The smallest absolute Gasteiger partial charge is 0.306 e. The highest BCUT2D eigenvalue weighted by atomic mass is 16.4. The maximum Gasteiger partial charge on any atom is 0.306 e. The lowest BCUT2D eigenvalue weighted by molar-refractivity contribution is -0.183. The molecule has 0 amide bonds. The number of hydrogen-bond donors (Lipinski definition) is 1. The van der Waals surface area contributed by atoms with Gasteiger partial charge in [-0.05, 0) is 96.7 Å². The maximum absolute atomic E-state index is 12.9. The van der Waals surface area contributed by atoms with E-state index >= 15 is 0 Å². The van der Waals surface area contributed by atoms with Gasteiger partial charge in [-0.25, -0.2) is 0 Å². The van der Waals surface area contributed by atoms with E-state index in [4.69, 9.17) is 0 Å². The zero-order valence-corrected chi connectivity index (χ0v) is 22.1. The molecule has 0 heterocycles. The molecule has 33 heavy (non-hydrogen) atoms. The van der Waals surface area contributed by atoms with E-state index in [9.17, 15) is 14.7 Å². The molecule has 0 aromatic rings. The molecular weight excluding hydrogens is 408 g/mol. The van der Waals surface area contributed by atoms with Crippen LogP contribution in [0.25, 0.3) is 0 Å². The lowest BCUT2D eigenvalue weighted by Gasteiger charge is -2.70. The van der Waals surface area contributed by atoms with Gasteiger partial charge < -0.3 is 5.11 Å². The van der Waals surface area contributed by atoms with Crippen molar-refractivity contribution in [2.24, 2.45) is 56.7 Å². The molecule has 0 aromatic heterocycles. The molecule has 5 aliphatic rings. The van der Waals surface area contributed by atoms with Crippen molar-refractivity contribution in [2.45, 2.75) is 106 Å². The SMILES string of the molecule is CC1(C)CC2C3=CCC4[C@@]5(C)CCC(=O)C(C)(C)C5CC[C@@]4(C)[C@]3(C)CCC2[C@H](C(=O)O)C1. The number of carboxylic acids is 1. The average molecular weight is 455 g/mol. The molecule has 184 valence electrons. The summed E-state index contributed by atoms with van der Waals surface area (Å²) >= 11 is 0. The molecule has 0 aliphatic heterocycles. The standard InChI is InChI=1S/C30H46O3/c1-26(2)16-19-18(20(17-26)25(32)33)10-14-29(6)21(19)8-9-23-28(5)13-12-24(31)27(3,4)22(28)11-15-30(23,29)7/h8,18-20,22-23H,9-17H2,1-7H3,(H,32,33)/t18?,19?,20-,22?,23?,28+,29-,30-/m1/s1. The van der Waals surface area contributed by atoms with Crippen molar-refractivity contribution in [2.75, 3.05) is 0 Å². The molecule has 4 fully saturated rings. The molecule has 4 saturated carbocycles. The van der Waals surface area contributed by atoms with E-state index in [1.165, 1.54) is 6.42 Å². The van der Waals surface area contributed by atoms with Gasteiger partial charge in [-0.2, -0.15) is 0 Å². The molecule has 8 atom stereocenters. The Bertz CT molecular complexity index is 912. The first kappa shape index (κ1) is 23.6. The number of aliphatic carboxylic acids is 1. The van der Waals surface area contributed by atoms with Crippen molar-refractivity contribution < 1.29 is 14.7 Å². The Morgan fingerprint density at radius 1 is 0.939 bits per heavy atom. The number of carbonyl (C=O) groups is 2. The fourth-order valence-corrected chi connectivity index (χ4v) is 10.7. The molecule has 5 rings (SSSR count). The van der Waals surface area contributed by atoms with Crippen LogP contribution in [0, 0.1) is 56.7 Å². The third-order valence-corrected chi connectivity index (χ3v) is 12.5. The Morgan fingerprint density at radius 3 is 2.30 bits per heavy atom. The molecule has 3 heteroatoms. The summed E-state index contributed by atoms with van der Waals surface area (Å²) in [6.07, 6.45) is 12.0. The molecule has 3 nitrogen and oxygen atoms in total. The summed E-state index contributed by atoms with van der Waals surface area (Å²) < 4.78 is 0. The third kappa shape index (κ3) is 2.99. The average Bonchev–Trinajstić information content (AvgIpc) is 2.70. The first-order valence-corrected chi connectivity index (χ1v) is 13.6. The lowest BCUT2D eigenvalue weighted by atomic mass is 9.34. The van der Waals surface area contributed by atoms with Crippen molar-refractivity contribution in [1.29, 1.82) is 0 Å². The highest BCUT2D eigenvalue weighted by Crippen LogP contribution is 2.74. The summed E-state index contributed by atoms with van der Waals surface area (Å²) in [6, 6.07) is 0. The normalized spacial score (nSPS) is 50.2. The van der Waals surface area contributed by atoms with Gasteiger partial charge in [-0.1, -0.05) is 60.1 Å². The van der Waals surface area contributed by atoms with Gasteiger partial charge in [0.15, 0.2) is 0 Å². The number of Topliss-reactive ketones (excluding diaryl/α,β-unsaturated/α-hetero) is 1. The van der Waals surface area contributed by atoms with E-state index in [2.05, 4.69) is 54.5 Å². The Hall–Kier alpha value is -1.12. The van der Waals surface area contributed by atoms with Crippen molar-refractivity contribution in [3.05, 3.63) is 11.6 Å². The van der Waals surface area contributed by atoms with Crippen LogP contribution in [-0.4, -0.2) is 16.9 Å². The molecule has 0 radical (unpaired) electrons. The monoisotopic (exact) mass is 454 g/mol. The van der Waals surface area contributed by atoms with Gasteiger partial charge in [0.05, 0.1) is 5.92 Å². The molecular formula is C30H46O3. The van der Waals surface area contributed by atoms with Crippen LogP contribution in [-0.2, 0) is 9.59 Å². The van der Waals surface area contributed by atoms with Gasteiger partial charge in [0.25, 0.3) is 0 Å². The Labute approximate surface area is 201 Å². The summed E-state index contributed by atoms with van der Waals surface area (Å²) in [5.41, 5.74) is 2.07. The number of fused-ring (bicyclic) bond motifs is 7. The largest absolute Gasteiger partial charge is 0.481 e. The van der Waals surface area contributed by atoms with Crippen molar-refractivity contribution in [3.8, 4) is 0 Å². The highest BCUT2D eigenvalue weighted by Gasteiger charge is 2.67. The third-order valence-electron chi connectivity index (χ3n) is 12.5. The summed E-state index contributed by atoms with van der Waals surface area (Å²) in [5.74, 6) is 1.49. The zero-order chi connectivity index (χ0) is 24.2. The molecule has 5 aliphatic carbocycles. The first-order chi connectivity index (χ1) is 15.2. The Morgan fingerprint density at radius 2 is 1.64 bits per heavy atom. The van der Waals surface area contributed by atoms with E-state index in [1.807, 2.05) is 0 Å². The van der Waals surface area contributed by atoms with Crippen LogP contribution in [0.2, 0.25) is 0 Å². The summed E-state index contributed by atoms with van der Waals surface area (Å²) in [6.45, 7) is 16.6. The minimum Gasteiger partial charge on any atom is -0.481 e. The first-order valence-electron chi connectivity index (χ1n) is 13.6. The van der Waals surface area contributed by atoms with Gasteiger partial charge in [0.1, 0.15) is 5.78 Å². The van der Waals surface area contributed by atoms with E-state index < -0.39 is 5.97 Å². The molecule has 0 spiro atoms. The van der Waals surface area contributed by atoms with Gasteiger partial charge in [-0.15, -0.1) is 0 Å². The fraction of sp³-hybridized carbons (Fsp3) is 0.867. The molecule has 0 saturated heterocycles. The zero-order valence-electron chi connectivity index (χ0n) is 22.1. The summed E-state index contributed by atoms with van der Waals surface area (Å²) in [7, 11) is 0. The van der Waals surface area contributed by atoms with E-state index in [-0.39, 0.29) is 33.0 Å². The second kappa shape index (κ2) is 6.97. The van der Waals surface area contributed by atoms with Crippen LogP contribution in [0.5, 0.6) is 0 Å². The van der Waals surface area contributed by atoms with Gasteiger partial charge in [0.2, 0.25) is 0 Å². The van der Waals surface area contributed by atoms with E-state index in [0.717, 1.165) is 51.4 Å². The van der Waals surface area contributed by atoms with Crippen LogP contribution in [0.1, 0.15) is 106 Å². The second-order valence-electron chi connectivity index (χ2n) is 14.8. The van der Waals surface area contributed by atoms with Crippen molar-refractivity contribution in [1.82, 2.24) is 0 Å². The van der Waals surface area contributed by atoms with Gasteiger partial charge in [0, 0.05) is 11.8 Å². The summed E-state index contributed by atoms with van der Waals surface area (Å²) in [4.78, 5) is 25.2. The Balaban J connectivity index is 1.57. The minimum atomic E-state index is -0.580. The molecule has 1 N–H and O–H groups in total. The van der Waals surface area contributed by atoms with Crippen molar-refractivity contribution >= 4 is 11.8 Å².